The topological polar surface area (TPSA) is 98.5 Å². The normalized spacial score (nSPS) is 12.9. The molecular weight excluding hydrogens is 360 g/mol. The van der Waals surface area contributed by atoms with Crippen molar-refractivity contribution in [2.24, 2.45) is 5.14 Å². The Morgan fingerprint density at radius 3 is 2.58 bits per heavy atom. The number of hydrogen-bond acceptors (Lipinski definition) is 4. The van der Waals surface area contributed by atoms with Gasteiger partial charge in [0.2, 0.25) is 10.0 Å². The highest BCUT2D eigenvalue weighted by Gasteiger charge is 2.23. The Labute approximate surface area is 124 Å². The number of halogens is 2. The molecule has 1 unspecified atom stereocenters. The van der Waals surface area contributed by atoms with Gasteiger partial charge in [0.1, 0.15) is 4.90 Å². The number of likely N-dealkylation sites (N-methyl/N-ethyl adjacent to an activating group) is 1. The smallest absolute Gasteiger partial charge is 0.260 e. The third kappa shape index (κ3) is 4.07. The maximum absolute atomic E-state index is 11.5. The minimum atomic E-state index is -4.03. The fraction of sp³-hybridized carbons (Fsp3) is 0.300. The molecule has 0 fully saturated rings. The van der Waals surface area contributed by atoms with Crippen LogP contribution in [0.4, 0.5) is 0 Å². The molecule has 9 heteroatoms. The number of carbonyl (C=O) groups is 1. The van der Waals surface area contributed by atoms with Crippen LogP contribution in [0.3, 0.4) is 0 Å². The highest BCUT2D eigenvalue weighted by atomic mass is 79.9. The maximum atomic E-state index is 11.5. The van der Waals surface area contributed by atoms with E-state index in [1.54, 1.807) is 0 Å². The van der Waals surface area contributed by atoms with Gasteiger partial charge >= 0.3 is 0 Å². The van der Waals surface area contributed by atoms with E-state index in [9.17, 15) is 13.2 Å². The summed E-state index contributed by atoms with van der Waals surface area (Å²) in [6.45, 7) is 1.46. The third-order valence-electron chi connectivity index (χ3n) is 2.19. The van der Waals surface area contributed by atoms with Crippen LogP contribution in [0, 0.1) is 0 Å². The average Bonchev–Trinajstić information content (AvgIpc) is 2.29. The zero-order chi connectivity index (χ0) is 14.8. The van der Waals surface area contributed by atoms with Gasteiger partial charge in [-0.1, -0.05) is 27.5 Å². The first kappa shape index (κ1) is 16.2. The van der Waals surface area contributed by atoms with Crippen molar-refractivity contribution in [2.75, 3.05) is 7.05 Å². The van der Waals surface area contributed by atoms with Gasteiger partial charge in [-0.15, -0.1) is 0 Å². The van der Waals surface area contributed by atoms with Crippen molar-refractivity contribution in [1.29, 1.82) is 0 Å². The molecule has 6 nitrogen and oxygen atoms in total. The highest BCUT2D eigenvalue weighted by molar-refractivity contribution is 9.10. The number of rotatable bonds is 4. The molecule has 1 rings (SSSR count). The van der Waals surface area contributed by atoms with E-state index in [1.807, 2.05) is 0 Å². The van der Waals surface area contributed by atoms with E-state index in [2.05, 4.69) is 21.2 Å². The minimum absolute atomic E-state index is 0.0363. The fourth-order valence-electron chi connectivity index (χ4n) is 1.30. The molecule has 0 saturated heterocycles. The minimum Gasteiger partial charge on any atom is -0.478 e. The van der Waals surface area contributed by atoms with Crippen LogP contribution in [0.5, 0.6) is 5.75 Å². The summed E-state index contributed by atoms with van der Waals surface area (Å²) in [5, 5.41) is 7.51. The number of benzene rings is 1. The largest absolute Gasteiger partial charge is 0.478 e. The molecule has 106 valence electrons. The van der Waals surface area contributed by atoms with Gasteiger partial charge in [-0.2, -0.15) is 0 Å². The number of ether oxygens (including phenoxy) is 1. The predicted molar refractivity (Wildman–Crippen MR) is 74.7 cm³/mol. The molecule has 1 aromatic rings. The molecule has 0 spiro atoms. The van der Waals surface area contributed by atoms with Crippen molar-refractivity contribution in [1.82, 2.24) is 5.32 Å². The molecule has 1 aromatic carbocycles. The van der Waals surface area contributed by atoms with Crippen LogP contribution in [0.2, 0.25) is 5.02 Å². The Morgan fingerprint density at radius 1 is 1.53 bits per heavy atom. The lowest BCUT2D eigenvalue weighted by molar-refractivity contribution is -0.126. The Kier molecular flexibility index (Phi) is 5.19. The average molecular weight is 372 g/mol. The standard InChI is InChI=1S/C10H12BrClN2O4S/c1-5(10(15)14-2)18-9-7(12)3-6(11)4-8(9)19(13,16)17/h3-5H,1-2H3,(H,14,15)(H2,13,16,17). The number of amides is 1. The van der Waals surface area contributed by atoms with Gasteiger partial charge in [-0.25, -0.2) is 13.6 Å². The van der Waals surface area contributed by atoms with Crippen LogP contribution in [-0.2, 0) is 14.8 Å². The second kappa shape index (κ2) is 6.08. The summed E-state index contributed by atoms with van der Waals surface area (Å²) in [7, 11) is -2.59. The van der Waals surface area contributed by atoms with Gasteiger partial charge in [-0.3, -0.25) is 4.79 Å². The maximum Gasteiger partial charge on any atom is 0.260 e. The molecule has 0 bridgehead atoms. The Hall–Kier alpha value is -0.830. The Balaban J connectivity index is 3.31. The van der Waals surface area contributed by atoms with E-state index in [0.29, 0.717) is 4.47 Å². The fourth-order valence-corrected chi connectivity index (χ4v) is 3.06. The number of nitrogens with one attached hydrogen (secondary N) is 1. The van der Waals surface area contributed by atoms with E-state index < -0.39 is 22.0 Å². The molecule has 0 aliphatic rings. The van der Waals surface area contributed by atoms with E-state index in [4.69, 9.17) is 21.5 Å². The molecule has 1 atom stereocenters. The van der Waals surface area contributed by atoms with Crippen LogP contribution in [-0.4, -0.2) is 27.5 Å². The first-order valence-electron chi connectivity index (χ1n) is 5.07. The van der Waals surface area contributed by atoms with Crippen LogP contribution >= 0.6 is 27.5 Å². The zero-order valence-electron chi connectivity index (χ0n) is 10.1. The summed E-state index contributed by atoms with van der Waals surface area (Å²) in [5.41, 5.74) is 0. The van der Waals surface area contributed by atoms with E-state index in [0.717, 1.165) is 0 Å². The van der Waals surface area contributed by atoms with Crippen molar-refractivity contribution in [2.45, 2.75) is 17.9 Å². The van der Waals surface area contributed by atoms with Gasteiger partial charge in [0.15, 0.2) is 11.9 Å². The summed E-state index contributed by atoms with van der Waals surface area (Å²) in [6, 6.07) is 2.70. The van der Waals surface area contributed by atoms with Gasteiger partial charge < -0.3 is 10.1 Å². The summed E-state index contributed by atoms with van der Waals surface area (Å²) < 4.78 is 28.7. The number of hydrogen-bond donors (Lipinski definition) is 2. The molecular formula is C10H12BrClN2O4S. The van der Waals surface area contributed by atoms with Crippen molar-refractivity contribution < 1.29 is 17.9 Å². The monoisotopic (exact) mass is 370 g/mol. The lowest BCUT2D eigenvalue weighted by atomic mass is 10.3. The Morgan fingerprint density at radius 2 is 2.11 bits per heavy atom. The summed E-state index contributed by atoms with van der Waals surface area (Å²) in [4.78, 5) is 11.1. The third-order valence-corrected chi connectivity index (χ3v) is 3.85. The van der Waals surface area contributed by atoms with Crippen molar-refractivity contribution >= 4 is 43.5 Å². The molecule has 3 N–H and O–H groups in total. The molecule has 0 saturated carbocycles. The number of carbonyl (C=O) groups excluding carboxylic acids is 1. The van der Waals surface area contributed by atoms with E-state index >= 15 is 0 Å². The van der Waals surface area contributed by atoms with Gasteiger partial charge in [0.25, 0.3) is 5.91 Å². The number of primary sulfonamides is 1. The van der Waals surface area contributed by atoms with Gasteiger partial charge in [-0.05, 0) is 19.1 Å². The summed E-state index contributed by atoms with van der Waals surface area (Å²) in [6.07, 6.45) is -0.913. The molecule has 0 radical (unpaired) electrons. The molecule has 1 amide bonds. The number of sulfonamides is 1. The highest BCUT2D eigenvalue weighted by Crippen LogP contribution is 2.35. The molecule has 0 heterocycles. The molecule has 0 aliphatic heterocycles. The van der Waals surface area contributed by atoms with Crippen molar-refractivity contribution in [3.63, 3.8) is 0 Å². The SMILES string of the molecule is CNC(=O)C(C)Oc1c(Cl)cc(Br)cc1S(N)(=O)=O. The van der Waals surface area contributed by atoms with Crippen LogP contribution in [0.1, 0.15) is 6.92 Å². The van der Waals surface area contributed by atoms with Crippen LogP contribution < -0.4 is 15.2 Å². The summed E-state index contributed by atoms with van der Waals surface area (Å²) in [5.74, 6) is -0.567. The van der Waals surface area contributed by atoms with Crippen LogP contribution in [0.25, 0.3) is 0 Å². The Bertz CT molecular complexity index is 606. The van der Waals surface area contributed by atoms with Crippen molar-refractivity contribution in [3.05, 3.63) is 21.6 Å². The second-order valence-corrected chi connectivity index (χ2v) is 6.49. The van der Waals surface area contributed by atoms with E-state index in [1.165, 1.54) is 26.1 Å². The summed E-state index contributed by atoms with van der Waals surface area (Å²) >= 11 is 9.04. The second-order valence-electron chi connectivity index (χ2n) is 3.63. The van der Waals surface area contributed by atoms with Crippen LogP contribution in [0.15, 0.2) is 21.5 Å². The predicted octanol–water partition coefficient (Wildman–Crippen LogP) is 1.26. The zero-order valence-corrected chi connectivity index (χ0v) is 13.3. The molecule has 0 aliphatic carbocycles. The quantitative estimate of drug-likeness (QED) is 0.832. The molecule has 0 aromatic heterocycles. The van der Waals surface area contributed by atoms with Gasteiger partial charge in [0.05, 0.1) is 5.02 Å². The van der Waals surface area contributed by atoms with E-state index in [-0.39, 0.29) is 15.7 Å². The van der Waals surface area contributed by atoms with Gasteiger partial charge in [0, 0.05) is 11.5 Å². The molecule has 19 heavy (non-hydrogen) atoms. The first-order valence-corrected chi connectivity index (χ1v) is 7.78. The lowest BCUT2D eigenvalue weighted by Crippen LogP contribution is -2.34. The lowest BCUT2D eigenvalue weighted by Gasteiger charge is -2.17. The van der Waals surface area contributed by atoms with Crippen molar-refractivity contribution in [3.8, 4) is 5.75 Å². The first-order chi connectivity index (χ1) is 8.66. The number of nitrogens with two attached hydrogens (primary N) is 1.